The highest BCUT2D eigenvalue weighted by molar-refractivity contribution is 6.03. The van der Waals surface area contributed by atoms with Crippen molar-refractivity contribution < 1.29 is 5.21 Å². The monoisotopic (exact) mass is 175 g/mol. The molecule has 68 valence electrons. The van der Waals surface area contributed by atoms with E-state index < -0.39 is 0 Å². The van der Waals surface area contributed by atoms with Crippen molar-refractivity contribution in [3.63, 3.8) is 0 Å². The quantitative estimate of drug-likeness (QED) is 0.477. The molecule has 1 aliphatic rings. The maximum Gasteiger partial charge on any atom is 0.0873 e. The molecule has 13 heavy (non-hydrogen) atoms. The molecular formula is C11H13NO. The van der Waals surface area contributed by atoms with Crippen LogP contribution < -0.4 is 0 Å². The largest absolute Gasteiger partial charge is 0.411 e. The van der Waals surface area contributed by atoms with E-state index in [9.17, 15) is 0 Å². The summed E-state index contributed by atoms with van der Waals surface area (Å²) in [4.78, 5) is 0. The summed E-state index contributed by atoms with van der Waals surface area (Å²) in [7, 11) is 0. The smallest absolute Gasteiger partial charge is 0.0873 e. The van der Waals surface area contributed by atoms with Crippen LogP contribution in [0.15, 0.2) is 23.4 Å². The number of rotatable bonds is 0. The predicted molar refractivity (Wildman–Crippen MR) is 52.4 cm³/mol. The van der Waals surface area contributed by atoms with Crippen molar-refractivity contribution in [2.24, 2.45) is 5.16 Å². The minimum Gasteiger partial charge on any atom is -0.411 e. The third-order valence-electron chi connectivity index (χ3n) is 2.63. The predicted octanol–water partition coefficient (Wildman–Crippen LogP) is 2.51. The SMILES string of the molecule is Cc1cccc2c1/C(=N/O)CCC2. The molecule has 0 unspecified atom stereocenters. The van der Waals surface area contributed by atoms with Gasteiger partial charge in [0.05, 0.1) is 5.71 Å². The molecule has 0 radical (unpaired) electrons. The zero-order valence-electron chi connectivity index (χ0n) is 7.75. The van der Waals surface area contributed by atoms with Crippen LogP contribution in [0.5, 0.6) is 0 Å². The van der Waals surface area contributed by atoms with Gasteiger partial charge in [-0.3, -0.25) is 0 Å². The molecule has 0 saturated heterocycles. The third kappa shape index (κ3) is 1.32. The second-order valence-electron chi connectivity index (χ2n) is 3.51. The van der Waals surface area contributed by atoms with E-state index in [4.69, 9.17) is 5.21 Å². The molecule has 1 aromatic carbocycles. The summed E-state index contributed by atoms with van der Waals surface area (Å²) in [6.07, 6.45) is 3.10. The Bertz CT molecular complexity index is 355. The van der Waals surface area contributed by atoms with E-state index in [0.717, 1.165) is 30.5 Å². The van der Waals surface area contributed by atoms with E-state index in [-0.39, 0.29) is 0 Å². The molecule has 0 fully saturated rings. The first kappa shape index (κ1) is 8.30. The number of aryl methyl sites for hydroxylation is 2. The number of nitrogens with zero attached hydrogens (tertiary/aromatic N) is 1. The highest BCUT2D eigenvalue weighted by Crippen LogP contribution is 2.24. The van der Waals surface area contributed by atoms with Crippen molar-refractivity contribution in [3.05, 3.63) is 34.9 Å². The molecule has 0 atom stereocenters. The Labute approximate surface area is 77.9 Å². The third-order valence-corrected chi connectivity index (χ3v) is 2.63. The zero-order valence-corrected chi connectivity index (χ0v) is 7.75. The summed E-state index contributed by atoms with van der Waals surface area (Å²) < 4.78 is 0. The normalized spacial score (nSPS) is 18.7. The molecule has 0 spiro atoms. The second kappa shape index (κ2) is 3.21. The van der Waals surface area contributed by atoms with Gasteiger partial charge in [-0.2, -0.15) is 0 Å². The van der Waals surface area contributed by atoms with Crippen LogP contribution in [0, 0.1) is 6.92 Å². The Morgan fingerprint density at radius 1 is 1.31 bits per heavy atom. The van der Waals surface area contributed by atoms with Crippen LogP contribution in [-0.4, -0.2) is 10.9 Å². The minimum atomic E-state index is 0.847. The van der Waals surface area contributed by atoms with Gasteiger partial charge in [-0.15, -0.1) is 0 Å². The molecule has 0 bridgehead atoms. The number of hydrogen-bond acceptors (Lipinski definition) is 2. The van der Waals surface area contributed by atoms with E-state index in [1.807, 2.05) is 0 Å². The van der Waals surface area contributed by atoms with Crippen molar-refractivity contribution in [2.45, 2.75) is 26.2 Å². The molecule has 1 N–H and O–H groups in total. The van der Waals surface area contributed by atoms with Crippen LogP contribution >= 0.6 is 0 Å². The van der Waals surface area contributed by atoms with E-state index in [1.165, 1.54) is 11.1 Å². The van der Waals surface area contributed by atoms with E-state index in [2.05, 4.69) is 30.3 Å². The number of hydrogen-bond donors (Lipinski definition) is 1. The van der Waals surface area contributed by atoms with Gasteiger partial charge in [0, 0.05) is 5.56 Å². The number of fused-ring (bicyclic) bond motifs is 1. The van der Waals surface area contributed by atoms with Gasteiger partial charge < -0.3 is 5.21 Å². The van der Waals surface area contributed by atoms with Crippen molar-refractivity contribution >= 4 is 5.71 Å². The summed E-state index contributed by atoms with van der Waals surface area (Å²) in [6.45, 7) is 2.06. The summed E-state index contributed by atoms with van der Waals surface area (Å²) in [6, 6.07) is 6.25. The molecule has 1 aliphatic carbocycles. The van der Waals surface area contributed by atoms with Crippen LogP contribution in [0.2, 0.25) is 0 Å². The first-order valence-electron chi connectivity index (χ1n) is 4.62. The molecular weight excluding hydrogens is 162 g/mol. The van der Waals surface area contributed by atoms with Crippen LogP contribution in [0.1, 0.15) is 29.5 Å². The van der Waals surface area contributed by atoms with Gasteiger partial charge in [0.1, 0.15) is 0 Å². The van der Waals surface area contributed by atoms with Crippen LogP contribution in [0.25, 0.3) is 0 Å². The maximum atomic E-state index is 8.85. The average molecular weight is 175 g/mol. The van der Waals surface area contributed by atoms with Gasteiger partial charge in [-0.05, 0) is 37.3 Å². The Hall–Kier alpha value is -1.31. The first-order chi connectivity index (χ1) is 6.33. The number of oxime groups is 1. The van der Waals surface area contributed by atoms with Gasteiger partial charge in [0.2, 0.25) is 0 Å². The molecule has 0 saturated carbocycles. The molecule has 0 aromatic heterocycles. The van der Waals surface area contributed by atoms with Gasteiger partial charge in [-0.1, -0.05) is 23.4 Å². The summed E-state index contributed by atoms with van der Waals surface area (Å²) in [5, 5.41) is 12.2. The van der Waals surface area contributed by atoms with Crippen molar-refractivity contribution in [1.29, 1.82) is 0 Å². The maximum absolute atomic E-state index is 8.85. The van der Waals surface area contributed by atoms with Crippen molar-refractivity contribution in [2.75, 3.05) is 0 Å². The Morgan fingerprint density at radius 2 is 2.15 bits per heavy atom. The lowest BCUT2D eigenvalue weighted by Crippen LogP contribution is -2.13. The Morgan fingerprint density at radius 3 is 2.92 bits per heavy atom. The number of benzene rings is 1. The lowest BCUT2D eigenvalue weighted by atomic mass is 9.87. The summed E-state index contributed by atoms with van der Waals surface area (Å²) in [5.41, 5.74) is 4.54. The van der Waals surface area contributed by atoms with Crippen molar-refractivity contribution in [3.8, 4) is 0 Å². The summed E-state index contributed by atoms with van der Waals surface area (Å²) >= 11 is 0. The second-order valence-corrected chi connectivity index (χ2v) is 3.51. The molecule has 2 nitrogen and oxygen atoms in total. The minimum absolute atomic E-state index is 0.847. The molecule has 2 rings (SSSR count). The average Bonchev–Trinajstić information content (AvgIpc) is 2.17. The highest BCUT2D eigenvalue weighted by Gasteiger charge is 2.17. The molecule has 0 aliphatic heterocycles. The Balaban J connectivity index is 2.60. The molecule has 2 heteroatoms. The topological polar surface area (TPSA) is 32.6 Å². The highest BCUT2D eigenvalue weighted by atomic mass is 16.4. The van der Waals surface area contributed by atoms with E-state index in [1.54, 1.807) is 0 Å². The van der Waals surface area contributed by atoms with Gasteiger partial charge in [-0.25, -0.2) is 0 Å². The van der Waals surface area contributed by atoms with Gasteiger partial charge >= 0.3 is 0 Å². The van der Waals surface area contributed by atoms with Crippen LogP contribution in [-0.2, 0) is 6.42 Å². The van der Waals surface area contributed by atoms with Gasteiger partial charge in [0.15, 0.2) is 0 Å². The van der Waals surface area contributed by atoms with E-state index >= 15 is 0 Å². The molecule has 1 aromatic rings. The lowest BCUT2D eigenvalue weighted by Gasteiger charge is -2.18. The van der Waals surface area contributed by atoms with Crippen LogP contribution in [0.4, 0.5) is 0 Å². The standard InChI is InChI=1S/C11H13NO/c1-8-4-2-5-9-6-3-7-10(12-13)11(8)9/h2,4-5,13H,3,6-7H2,1H3/b12-10+. The fourth-order valence-electron chi connectivity index (χ4n) is 2.02. The van der Waals surface area contributed by atoms with E-state index in [0.29, 0.717) is 0 Å². The summed E-state index contributed by atoms with van der Waals surface area (Å²) in [5.74, 6) is 0. The lowest BCUT2D eigenvalue weighted by molar-refractivity contribution is 0.317. The van der Waals surface area contributed by atoms with Crippen molar-refractivity contribution in [1.82, 2.24) is 0 Å². The zero-order chi connectivity index (χ0) is 9.26. The van der Waals surface area contributed by atoms with Gasteiger partial charge in [0.25, 0.3) is 0 Å². The Kier molecular flexibility index (Phi) is 2.05. The van der Waals surface area contributed by atoms with Crippen LogP contribution in [0.3, 0.4) is 0 Å². The fourth-order valence-corrected chi connectivity index (χ4v) is 2.02. The molecule has 0 heterocycles. The molecule has 0 amide bonds. The fraction of sp³-hybridized carbons (Fsp3) is 0.364. The first-order valence-corrected chi connectivity index (χ1v) is 4.62.